The largest absolute Gasteiger partial charge is 0.349 e. The van der Waals surface area contributed by atoms with Crippen LogP contribution >= 0.6 is 11.8 Å². The molecule has 0 spiro atoms. The number of thioether (sulfide) groups is 1. The predicted molar refractivity (Wildman–Crippen MR) is 82.5 cm³/mol. The standard InChI is InChI=1S/C16H18N2OS/c1-2-20-15-13-9-6-10-14(13)18(16(19)17-15)11-12-7-4-3-5-8-12/h3-5,7-8H,2,6,9-11H2,1H3. The third-order valence-electron chi connectivity index (χ3n) is 3.67. The van der Waals surface area contributed by atoms with E-state index in [-0.39, 0.29) is 5.69 Å². The summed E-state index contributed by atoms with van der Waals surface area (Å²) in [5.74, 6) is 0.960. The Balaban J connectivity index is 2.04. The second kappa shape index (κ2) is 5.83. The maximum absolute atomic E-state index is 12.3. The lowest BCUT2D eigenvalue weighted by Crippen LogP contribution is -2.27. The molecule has 0 radical (unpaired) electrons. The van der Waals surface area contributed by atoms with E-state index in [0.29, 0.717) is 6.54 Å². The van der Waals surface area contributed by atoms with E-state index < -0.39 is 0 Å². The molecule has 0 amide bonds. The number of aromatic nitrogens is 2. The van der Waals surface area contributed by atoms with Crippen molar-refractivity contribution in [2.45, 2.75) is 37.8 Å². The fourth-order valence-electron chi connectivity index (χ4n) is 2.77. The number of nitrogens with zero attached hydrogens (tertiary/aromatic N) is 2. The van der Waals surface area contributed by atoms with Crippen LogP contribution in [0.2, 0.25) is 0 Å². The summed E-state index contributed by atoms with van der Waals surface area (Å²) in [6.07, 6.45) is 3.18. The molecule has 0 bridgehead atoms. The van der Waals surface area contributed by atoms with Gasteiger partial charge in [0.05, 0.1) is 6.54 Å². The van der Waals surface area contributed by atoms with E-state index in [4.69, 9.17) is 0 Å². The SMILES string of the molecule is CCSc1nc(=O)n(Cc2ccccc2)c2c1CCC2. The lowest BCUT2D eigenvalue weighted by Gasteiger charge is -2.13. The highest BCUT2D eigenvalue weighted by Crippen LogP contribution is 2.29. The van der Waals surface area contributed by atoms with Gasteiger partial charge in [-0.2, -0.15) is 4.98 Å². The average molecular weight is 286 g/mol. The van der Waals surface area contributed by atoms with Crippen LogP contribution in [0.1, 0.15) is 30.2 Å². The Labute approximate surface area is 123 Å². The van der Waals surface area contributed by atoms with E-state index >= 15 is 0 Å². The summed E-state index contributed by atoms with van der Waals surface area (Å²) in [5, 5.41) is 0.953. The molecular weight excluding hydrogens is 268 g/mol. The molecule has 4 heteroatoms. The van der Waals surface area contributed by atoms with Crippen molar-refractivity contribution in [2.75, 3.05) is 5.75 Å². The van der Waals surface area contributed by atoms with Gasteiger partial charge in [-0.3, -0.25) is 4.57 Å². The first-order valence-corrected chi connectivity index (χ1v) is 8.07. The molecule has 3 rings (SSSR count). The zero-order valence-corrected chi connectivity index (χ0v) is 12.4. The van der Waals surface area contributed by atoms with Crippen molar-refractivity contribution in [3.05, 3.63) is 57.6 Å². The normalized spacial score (nSPS) is 13.4. The summed E-state index contributed by atoms with van der Waals surface area (Å²) in [4.78, 5) is 16.6. The molecule has 104 valence electrons. The molecule has 20 heavy (non-hydrogen) atoms. The zero-order valence-electron chi connectivity index (χ0n) is 11.6. The van der Waals surface area contributed by atoms with E-state index in [2.05, 4.69) is 24.0 Å². The fourth-order valence-corrected chi connectivity index (χ4v) is 3.58. The van der Waals surface area contributed by atoms with Crippen molar-refractivity contribution in [2.24, 2.45) is 0 Å². The zero-order chi connectivity index (χ0) is 13.9. The number of hydrogen-bond acceptors (Lipinski definition) is 3. The minimum atomic E-state index is -0.106. The van der Waals surface area contributed by atoms with Gasteiger partial charge in [0.25, 0.3) is 0 Å². The van der Waals surface area contributed by atoms with Gasteiger partial charge in [0.2, 0.25) is 0 Å². The second-order valence-corrected chi connectivity index (χ2v) is 6.24. The van der Waals surface area contributed by atoms with Gasteiger partial charge in [-0.05, 0) is 30.6 Å². The summed E-state index contributed by atoms with van der Waals surface area (Å²) in [6, 6.07) is 10.1. The Morgan fingerprint density at radius 2 is 2.05 bits per heavy atom. The van der Waals surface area contributed by atoms with Crippen LogP contribution in [0.4, 0.5) is 0 Å². The summed E-state index contributed by atoms with van der Waals surface area (Å²) >= 11 is 1.69. The second-order valence-electron chi connectivity index (χ2n) is 4.98. The van der Waals surface area contributed by atoms with Gasteiger partial charge >= 0.3 is 5.69 Å². The molecule has 0 aliphatic heterocycles. The topological polar surface area (TPSA) is 34.9 Å². The van der Waals surface area contributed by atoms with Crippen LogP contribution in [-0.2, 0) is 19.4 Å². The smallest absolute Gasteiger partial charge is 0.292 e. The predicted octanol–water partition coefficient (Wildman–Crippen LogP) is 2.89. The van der Waals surface area contributed by atoms with E-state index in [1.54, 1.807) is 11.8 Å². The highest BCUT2D eigenvalue weighted by Gasteiger charge is 2.21. The van der Waals surface area contributed by atoms with Crippen molar-refractivity contribution in [3.8, 4) is 0 Å². The minimum Gasteiger partial charge on any atom is -0.292 e. The highest BCUT2D eigenvalue weighted by atomic mass is 32.2. The minimum absolute atomic E-state index is 0.106. The summed E-state index contributed by atoms with van der Waals surface area (Å²) in [6.45, 7) is 2.73. The molecule has 1 aliphatic carbocycles. The Morgan fingerprint density at radius 3 is 2.80 bits per heavy atom. The molecule has 1 heterocycles. The monoisotopic (exact) mass is 286 g/mol. The highest BCUT2D eigenvalue weighted by molar-refractivity contribution is 7.99. The molecule has 1 aliphatic rings. The van der Waals surface area contributed by atoms with Gasteiger partial charge < -0.3 is 0 Å². The quantitative estimate of drug-likeness (QED) is 0.640. The van der Waals surface area contributed by atoms with Crippen LogP contribution in [0.5, 0.6) is 0 Å². The molecule has 2 aromatic rings. The van der Waals surface area contributed by atoms with Gasteiger partial charge in [0, 0.05) is 11.3 Å². The molecule has 3 nitrogen and oxygen atoms in total. The Bertz CT molecular complexity index is 664. The van der Waals surface area contributed by atoms with Crippen LogP contribution in [-0.4, -0.2) is 15.3 Å². The molecule has 0 N–H and O–H groups in total. The first kappa shape index (κ1) is 13.4. The maximum atomic E-state index is 12.3. The molecule has 1 aromatic carbocycles. The number of fused-ring (bicyclic) bond motifs is 1. The molecule has 1 aromatic heterocycles. The van der Waals surface area contributed by atoms with Crippen molar-refractivity contribution >= 4 is 11.8 Å². The molecular formula is C16H18N2OS. The fraction of sp³-hybridized carbons (Fsp3) is 0.375. The third kappa shape index (κ3) is 2.52. The van der Waals surface area contributed by atoms with Gasteiger partial charge in [-0.1, -0.05) is 37.3 Å². The van der Waals surface area contributed by atoms with E-state index in [0.717, 1.165) is 35.6 Å². The van der Waals surface area contributed by atoms with Gasteiger partial charge in [-0.25, -0.2) is 4.79 Å². The Kier molecular flexibility index (Phi) is 3.92. The van der Waals surface area contributed by atoms with Gasteiger partial charge in [0.1, 0.15) is 5.03 Å². The summed E-state index contributed by atoms with van der Waals surface area (Å²) < 4.78 is 1.86. The summed E-state index contributed by atoms with van der Waals surface area (Å²) in [5.41, 5.74) is 3.55. The molecule has 0 unspecified atom stereocenters. The van der Waals surface area contributed by atoms with Crippen LogP contribution in [0, 0.1) is 0 Å². The van der Waals surface area contributed by atoms with Crippen molar-refractivity contribution < 1.29 is 0 Å². The van der Waals surface area contributed by atoms with Crippen LogP contribution in [0.3, 0.4) is 0 Å². The third-order valence-corrected chi connectivity index (χ3v) is 4.57. The maximum Gasteiger partial charge on any atom is 0.349 e. The van der Waals surface area contributed by atoms with E-state index in [1.165, 1.54) is 11.3 Å². The lowest BCUT2D eigenvalue weighted by molar-refractivity contribution is 0.667. The summed E-state index contributed by atoms with van der Waals surface area (Å²) in [7, 11) is 0. The first-order chi connectivity index (χ1) is 9.79. The molecule has 0 atom stereocenters. The van der Waals surface area contributed by atoms with Crippen LogP contribution in [0.25, 0.3) is 0 Å². The molecule has 0 saturated heterocycles. The van der Waals surface area contributed by atoms with Gasteiger partial charge in [-0.15, -0.1) is 11.8 Å². The number of rotatable bonds is 4. The van der Waals surface area contributed by atoms with Crippen molar-refractivity contribution in [1.29, 1.82) is 0 Å². The number of hydrogen-bond donors (Lipinski definition) is 0. The average Bonchev–Trinajstić information content (AvgIpc) is 2.94. The van der Waals surface area contributed by atoms with Crippen LogP contribution in [0.15, 0.2) is 40.2 Å². The van der Waals surface area contributed by atoms with E-state index in [9.17, 15) is 4.79 Å². The Hall–Kier alpha value is -1.55. The Morgan fingerprint density at radius 1 is 1.25 bits per heavy atom. The van der Waals surface area contributed by atoms with Gasteiger partial charge in [0.15, 0.2) is 0 Å². The molecule has 0 saturated carbocycles. The first-order valence-electron chi connectivity index (χ1n) is 7.09. The van der Waals surface area contributed by atoms with Crippen molar-refractivity contribution in [1.82, 2.24) is 9.55 Å². The van der Waals surface area contributed by atoms with Crippen molar-refractivity contribution in [3.63, 3.8) is 0 Å². The molecule has 0 fully saturated rings. The van der Waals surface area contributed by atoms with Crippen LogP contribution < -0.4 is 5.69 Å². The lowest BCUT2D eigenvalue weighted by atomic mass is 10.2. The van der Waals surface area contributed by atoms with E-state index in [1.807, 2.05) is 22.8 Å². The number of benzene rings is 1.